The van der Waals surface area contributed by atoms with Gasteiger partial charge < -0.3 is 16.8 Å². The molecule has 0 aromatic carbocycles. The van der Waals surface area contributed by atoms with Crippen molar-refractivity contribution in [1.29, 1.82) is 0 Å². The third kappa shape index (κ3) is 2.56. The molecule has 5 N–H and O–H groups in total. The number of hydrogen-bond donors (Lipinski definition) is 3. The van der Waals surface area contributed by atoms with Crippen molar-refractivity contribution in [3.63, 3.8) is 0 Å². The highest BCUT2D eigenvalue weighted by Gasteiger charge is 2.11. The average Bonchev–Trinajstić information content (AvgIpc) is 2.11. The molecule has 0 aliphatic rings. The Labute approximate surface area is 89.2 Å². The largest absolute Gasteiger partial charge is 0.368 e. The smallest absolute Gasteiger partial charge is 0.239 e. The zero-order valence-corrected chi connectivity index (χ0v) is 9.08. The summed E-state index contributed by atoms with van der Waals surface area (Å²) in [6.07, 6.45) is 1.50. The zero-order chi connectivity index (χ0) is 10.7. The van der Waals surface area contributed by atoms with Crippen LogP contribution in [0.2, 0.25) is 0 Å². The summed E-state index contributed by atoms with van der Waals surface area (Å²) in [5, 5.41) is 2.80. The van der Waals surface area contributed by atoms with Crippen LogP contribution in [0.15, 0.2) is 10.7 Å². The molecule has 1 aromatic heterocycles. The summed E-state index contributed by atoms with van der Waals surface area (Å²) in [5.41, 5.74) is 10.5. The van der Waals surface area contributed by atoms with Gasteiger partial charge in [0.05, 0.1) is 4.47 Å². The van der Waals surface area contributed by atoms with E-state index in [1.807, 2.05) is 0 Å². The molecule has 0 bridgehead atoms. The topological polar surface area (TPSA) is 107 Å². The summed E-state index contributed by atoms with van der Waals surface area (Å²) in [4.78, 5) is 18.4. The number of nitrogens with two attached hydrogens (primary N) is 2. The second-order valence-electron chi connectivity index (χ2n) is 2.69. The molecular weight excluding hydrogens is 250 g/mol. The molecule has 0 aliphatic heterocycles. The molecule has 0 spiro atoms. The third-order valence-corrected chi connectivity index (χ3v) is 2.12. The Kier molecular flexibility index (Phi) is 3.23. The number of carbonyl (C=O) groups excluding carboxylic acids is 1. The van der Waals surface area contributed by atoms with E-state index in [9.17, 15) is 4.79 Å². The van der Waals surface area contributed by atoms with Crippen LogP contribution in [-0.2, 0) is 4.79 Å². The Hall–Kier alpha value is -1.37. The van der Waals surface area contributed by atoms with Gasteiger partial charge in [-0.2, -0.15) is 4.98 Å². The van der Waals surface area contributed by atoms with E-state index in [0.29, 0.717) is 10.3 Å². The van der Waals surface area contributed by atoms with Gasteiger partial charge in [-0.05, 0) is 22.9 Å². The van der Waals surface area contributed by atoms with E-state index in [4.69, 9.17) is 11.5 Å². The maximum atomic E-state index is 10.8. The minimum Gasteiger partial charge on any atom is -0.368 e. The number of nitrogens with zero attached hydrogens (tertiary/aromatic N) is 2. The molecule has 1 unspecified atom stereocenters. The number of carbonyl (C=O) groups is 1. The average molecular weight is 260 g/mol. The summed E-state index contributed by atoms with van der Waals surface area (Å²) >= 11 is 3.21. The maximum absolute atomic E-state index is 10.8. The minimum absolute atomic E-state index is 0.132. The van der Waals surface area contributed by atoms with Gasteiger partial charge >= 0.3 is 0 Å². The van der Waals surface area contributed by atoms with Crippen LogP contribution in [0.25, 0.3) is 0 Å². The first kappa shape index (κ1) is 10.7. The number of nitrogens with one attached hydrogen (secondary N) is 1. The van der Waals surface area contributed by atoms with E-state index in [1.165, 1.54) is 6.20 Å². The lowest BCUT2D eigenvalue weighted by Crippen LogP contribution is -2.33. The van der Waals surface area contributed by atoms with Crippen LogP contribution < -0.4 is 16.8 Å². The van der Waals surface area contributed by atoms with Gasteiger partial charge in [-0.15, -0.1) is 0 Å². The van der Waals surface area contributed by atoms with Crippen LogP contribution in [0.1, 0.15) is 6.92 Å². The van der Waals surface area contributed by atoms with Crippen molar-refractivity contribution in [2.24, 2.45) is 5.73 Å². The number of amides is 1. The summed E-state index contributed by atoms with van der Waals surface area (Å²) < 4.78 is 0.625. The van der Waals surface area contributed by atoms with Crippen molar-refractivity contribution in [3.8, 4) is 0 Å². The van der Waals surface area contributed by atoms with Crippen LogP contribution in [0.5, 0.6) is 0 Å². The van der Waals surface area contributed by atoms with E-state index in [0.717, 1.165) is 0 Å². The molecule has 0 aliphatic carbocycles. The molecule has 1 rings (SSSR count). The van der Waals surface area contributed by atoms with E-state index in [1.54, 1.807) is 6.92 Å². The Bertz CT molecular complexity index is 356. The number of aromatic nitrogens is 2. The van der Waals surface area contributed by atoms with E-state index in [-0.39, 0.29) is 5.95 Å². The predicted molar refractivity (Wildman–Crippen MR) is 56.4 cm³/mol. The van der Waals surface area contributed by atoms with Crippen LogP contribution in [0.3, 0.4) is 0 Å². The molecule has 1 aromatic rings. The van der Waals surface area contributed by atoms with Crippen molar-refractivity contribution < 1.29 is 4.79 Å². The van der Waals surface area contributed by atoms with Gasteiger partial charge in [-0.25, -0.2) is 4.98 Å². The molecule has 0 saturated carbocycles. The van der Waals surface area contributed by atoms with Gasteiger partial charge in [0.25, 0.3) is 0 Å². The molecule has 7 heteroatoms. The molecule has 0 radical (unpaired) electrons. The van der Waals surface area contributed by atoms with Crippen molar-refractivity contribution in [2.75, 3.05) is 11.1 Å². The van der Waals surface area contributed by atoms with Gasteiger partial charge in [-0.1, -0.05) is 0 Å². The van der Waals surface area contributed by atoms with Crippen molar-refractivity contribution in [2.45, 2.75) is 13.0 Å². The molecule has 1 heterocycles. The monoisotopic (exact) mass is 259 g/mol. The first-order chi connectivity index (χ1) is 6.50. The van der Waals surface area contributed by atoms with Gasteiger partial charge in [0.15, 0.2) is 0 Å². The van der Waals surface area contributed by atoms with Gasteiger partial charge in [-0.3, -0.25) is 4.79 Å². The van der Waals surface area contributed by atoms with Crippen LogP contribution in [-0.4, -0.2) is 21.9 Å². The SMILES string of the molecule is CC(Nc1nc(N)ncc1Br)C(N)=O. The second kappa shape index (κ2) is 4.23. The summed E-state index contributed by atoms with van der Waals surface area (Å²) in [5.74, 6) is 0.116. The molecule has 76 valence electrons. The van der Waals surface area contributed by atoms with E-state index >= 15 is 0 Å². The lowest BCUT2D eigenvalue weighted by atomic mass is 10.3. The van der Waals surface area contributed by atoms with Crippen molar-refractivity contribution in [1.82, 2.24) is 9.97 Å². The first-order valence-electron chi connectivity index (χ1n) is 3.84. The number of rotatable bonds is 3. The molecule has 0 fully saturated rings. The van der Waals surface area contributed by atoms with Gasteiger partial charge in [0.2, 0.25) is 11.9 Å². The number of halogens is 1. The fourth-order valence-electron chi connectivity index (χ4n) is 0.758. The molecule has 6 nitrogen and oxygen atoms in total. The lowest BCUT2D eigenvalue weighted by molar-refractivity contribution is -0.118. The summed E-state index contributed by atoms with van der Waals surface area (Å²) in [7, 11) is 0. The third-order valence-electron chi connectivity index (χ3n) is 1.54. The Balaban J connectivity index is 2.85. The molecule has 1 amide bonds. The fraction of sp³-hybridized carbons (Fsp3) is 0.286. The number of primary amides is 1. The predicted octanol–water partition coefficient (Wildman–Crippen LogP) is 0.107. The van der Waals surface area contributed by atoms with E-state index < -0.39 is 11.9 Å². The summed E-state index contributed by atoms with van der Waals surface area (Å²) in [6, 6.07) is -0.513. The standard InChI is InChI=1S/C7H10BrN5O/c1-3(5(9)14)12-6-4(8)2-11-7(10)13-6/h2-3H,1H3,(H2,9,14)(H3,10,11,12,13). The highest BCUT2D eigenvalue weighted by molar-refractivity contribution is 9.10. The van der Waals surface area contributed by atoms with Crippen LogP contribution >= 0.6 is 15.9 Å². The normalized spacial score (nSPS) is 12.1. The number of nitrogen functional groups attached to an aromatic ring is 1. The van der Waals surface area contributed by atoms with Crippen LogP contribution in [0, 0.1) is 0 Å². The fourth-order valence-corrected chi connectivity index (χ4v) is 1.06. The van der Waals surface area contributed by atoms with E-state index in [2.05, 4.69) is 31.2 Å². The van der Waals surface area contributed by atoms with Crippen LogP contribution in [0.4, 0.5) is 11.8 Å². The molecule has 0 saturated heterocycles. The Morgan fingerprint density at radius 2 is 2.36 bits per heavy atom. The zero-order valence-electron chi connectivity index (χ0n) is 7.49. The highest BCUT2D eigenvalue weighted by Crippen LogP contribution is 2.19. The summed E-state index contributed by atoms with van der Waals surface area (Å²) in [6.45, 7) is 1.63. The number of hydrogen-bond acceptors (Lipinski definition) is 5. The molecule has 1 atom stereocenters. The van der Waals surface area contributed by atoms with Gasteiger partial charge in [0.1, 0.15) is 11.9 Å². The second-order valence-corrected chi connectivity index (χ2v) is 3.55. The Morgan fingerprint density at radius 1 is 1.71 bits per heavy atom. The quantitative estimate of drug-likeness (QED) is 0.714. The first-order valence-corrected chi connectivity index (χ1v) is 4.64. The highest BCUT2D eigenvalue weighted by atomic mass is 79.9. The maximum Gasteiger partial charge on any atom is 0.239 e. The molecular formula is C7H10BrN5O. The lowest BCUT2D eigenvalue weighted by Gasteiger charge is -2.11. The minimum atomic E-state index is -0.513. The van der Waals surface area contributed by atoms with Gasteiger partial charge in [0, 0.05) is 6.20 Å². The number of anilines is 2. The van der Waals surface area contributed by atoms with Crippen molar-refractivity contribution in [3.05, 3.63) is 10.7 Å². The molecule has 14 heavy (non-hydrogen) atoms. The van der Waals surface area contributed by atoms with Crippen molar-refractivity contribution >= 4 is 33.6 Å². The Morgan fingerprint density at radius 3 is 2.93 bits per heavy atom.